The van der Waals surface area contributed by atoms with E-state index in [1.54, 1.807) is 0 Å². The lowest BCUT2D eigenvalue weighted by Gasteiger charge is -2.62. The molecule has 0 bridgehead atoms. The zero-order chi connectivity index (χ0) is 24.6. The smallest absolute Gasteiger partial charge is 0.159 e. The first-order chi connectivity index (χ1) is 15.2. The van der Waals surface area contributed by atoms with E-state index in [4.69, 9.17) is 0 Å². The minimum atomic E-state index is -0.550. The summed E-state index contributed by atoms with van der Waals surface area (Å²) in [7, 11) is 0. The van der Waals surface area contributed by atoms with Gasteiger partial charge in [0.2, 0.25) is 0 Å². The molecule has 33 heavy (non-hydrogen) atoms. The lowest BCUT2D eigenvalue weighted by Crippen LogP contribution is -2.59. The number of carbonyl (C=O) groups excluding carboxylic acids is 1. The molecule has 4 aliphatic carbocycles. The van der Waals surface area contributed by atoms with E-state index in [0.29, 0.717) is 18.3 Å². The highest BCUT2D eigenvalue weighted by molar-refractivity contribution is 6.00. The Morgan fingerprint density at radius 3 is 2.39 bits per heavy atom. The molecule has 0 aromatic carbocycles. The summed E-state index contributed by atoms with van der Waals surface area (Å²) in [5, 5.41) is 22.5. The van der Waals surface area contributed by atoms with Gasteiger partial charge >= 0.3 is 0 Å². The predicted molar refractivity (Wildman–Crippen MR) is 135 cm³/mol. The Morgan fingerprint density at radius 2 is 1.76 bits per heavy atom. The van der Waals surface area contributed by atoms with Gasteiger partial charge in [0.1, 0.15) is 0 Å². The van der Waals surface area contributed by atoms with Crippen molar-refractivity contribution in [1.29, 1.82) is 0 Å². The highest BCUT2D eigenvalue weighted by atomic mass is 16.3. The van der Waals surface area contributed by atoms with Crippen LogP contribution in [0.15, 0.2) is 22.8 Å². The van der Waals surface area contributed by atoms with Gasteiger partial charge in [-0.05, 0) is 98.4 Å². The Labute approximate surface area is 202 Å². The van der Waals surface area contributed by atoms with Gasteiger partial charge < -0.3 is 10.2 Å². The van der Waals surface area contributed by atoms with E-state index in [2.05, 4.69) is 61.5 Å². The number of aliphatic hydroxyl groups is 2. The van der Waals surface area contributed by atoms with Crippen molar-refractivity contribution in [3.8, 4) is 0 Å². The second-order valence-electron chi connectivity index (χ2n) is 13.7. The molecule has 1 unspecified atom stereocenters. The molecule has 0 aromatic rings. The fraction of sp³-hybridized carbons (Fsp3) is 0.833. The third-order valence-corrected chi connectivity index (χ3v) is 11.4. The molecule has 0 saturated heterocycles. The quantitative estimate of drug-likeness (QED) is 0.467. The van der Waals surface area contributed by atoms with E-state index in [9.17, 15) is 15.0 Å². The summed E-state index contributed by atoms with van der Waals surface area (Å²) >= 11 is 0. The third kappa shape index (κ3) is 3.46. The van der Waals surface area contributed by atoms with Gasteiger partial charge in [-0.3, -0.25) is 4.79 Å². The van der Waals surface area contributed by atoms with Crippen molar-refractivity contribution < 1.29 is 15.0 Å². The summed E-state index contributed by atoms with van der Waals surface area (Å²) in [6.07, 6.45) is 8.76. The number of carbonyl (C=O) groups is 1. The zero-order valence-electron chi connectivity index (χ0n) is 22.4. The first-order valence-corrected chi connectivity index (χ1v) is 13.5. The Bertz CT molecular complexity index is 877. The number of Topliss-reactive ketones (excluding diaryl/α,β-unsaturated/α-hetero) is 1. The molecule has 0 aromatic heterocycles. The second kappa shape index (κ2) is 8.05. The van der Waals surface area contributed by atoms with Gasteiger partial charge in [-0.2, -0.15) is 0 Å². The maximum absolute atomic E-state index is 13.9. The van der Waals surface area contributed by atoms with Gasteiger partial charge in [0.15, 0.2) is 5.78 Å². The monoisotopic (exact) mass is 456 g/mol. The van der Waals surface area contributed by atoms with Crippen molar-refractivity contribution in [2.45, 2.75) is 119 Å². The molecule has 4 aliphatic rings. The van der Waals surface area contributed by atoms with Crippen molar-refractivity contribution in [2.75, 3.05) is 0 Å². The van der Waals surface area contributed by atoms with E-state index in [0.717, 1.165) is 49.7 Å². The van der Waals surface area contributed by atoms with Crippen LogP contribution in [-0.4, -0.2) is 28.2 Å². The lowest BCUT2D eigenvalue weighted by molar-refractivity contribution is -0.138. The molecular weight excluding hydrogens is 408 g/mol. The van der Waals surface area contributed by atoms with Crippen LogP contribution in [0.1, 0.15) is 107 Å². The molecule has 4 rings (SSSR count). The molecule has 0 heterocycles. The molecule has 3 heteroatoms. The van der Waals surface area contributed by atoms with Crippen LogP contribution in [0, 0.1) is 39.4 Å². The normalized spacial score (nSPS) is 45.2. The average Bonchev–Trinajstić information content (AvgIpc) is 2.97. The summed E-state index contributed by atoms with van der Waals surface area (Å²) in [5.74, 6) is 1.44. The first-order valence-electron chi connectivity index (χ1n) is 13.5. The number of hydrogen-bond acceptors (Lipinski definition) is 3. The number of hydrogen-bond donors (Lipinski definition) is 2. The third-order valence-electron chi connectivity index (χ3n) is 11.4. The van der Waals surface area contributed by atoms with Crippen LogP contribution in [0.25, 0.3) is 0 Å². The fourth-order valence-electron chi connectivity index (χ4n) is 9.22. The van der Waals surface area contributed by atoms with Crippen LogP contribution in [-0.2, 0) is 4.79 Å². The maximum atomic E-state index is 13.9. The number of rotatable bonds is 4. The Balaban J connectivity index is 1.75. The predicted octanol–water partition coefficient (Wildman–Crippen LogP) is 6.63. The summed E-state index contributed by atoms with van der Waals surface area (Å²) in [4.78, 5) is 13.9. The van der Waals surface area contributed by atoms with Gasteiger partial charge in [0.25, 0.3) is 0 Å². The molecule has 0 radical (unpaired) electrons. The van der Waals surface area contributed by atoms with Crippen LogP contribution in [0.3, 0.4) is 0 Å². The Morgan fingerprint density at radius 1 is 1.09 bits per heavy atom. The number of allylic oxidation sites excluding steroid dienone is 3. The minimum Gasteiger partial charge on any atom is -0.393 e. The van der Waals surface area contributed by atoms with Crippen LogP contribution < -0.4 is 0 Å². The van der Waals surface area contributed by atoms with E-state index in [1.807, 2.05) is 0 Å². The summed E-state index contributed by atoms with van der Waals surface area (Å²) in [6.45, 7) is 18.0. The number of ketones is 1. The van der Waals surface area contributed by atoms with Gasteiger partial charge in [-0.25, -0.2) is 0 Å². The molecule has 2 N–H and O–H groups in total. The van der Waals surface area contributed by atoms with E-state index in [1.165, 1.54) is 12.0 Å². The molecule has 8 atom stereocenters. The Kier molecular flexibility index (Phi) is 6.14. The van der Waals surface area contributed by atoms with Crippen molar-refractivity contribution in [3.05, 3.63) is 22.8 Å². The standard InChI is InChI=1S/C30H48O3/c1-18(2)10-9-11-19(3)20-12-15-29(7)26-21(31)16-23-27(4,5)24(33)13-14-28(23,6)25(26)22(32)17-30(20,29)8/h10,19-20,22-24,32-33H,9,11-17H2,1-8H3/t19-,20+,22?,23+,24+,28+,29-,30+/m1/s1. The molecule has 0 spiro atoms. The molecule has 0 aliphatic heterocycles. The van der Waals surface area contributed by atoms with Gasteiger partial charge in [-0.15, -0.1) is 0 Å². The van der Waals surface area contributed by atoms with Crippen LogP contribution in [0.4, 0.5) is 0 Å². The summed E-state index contributed by atoms with van der Waals surface area (Å²) in [6, 6.07) is 0. The largest absolute Gasteiger partial charge is 0.393 e. The lowest BCUT2D eigenvalue weighted by atomic mass is 9.42. The SMILES string of the molecule is CC(C)=CCC[C@@H](C)[C@@H]1CC[C@]2(C)C3=C(C(O)C[C@@]12C)[C@@]1(C)CC[C@H](O)C(C)(C)[C@@H]1CC3=O. The van der Waals surface area contributed by atoms with Crippen molar-refractivity contribution in [1.82, 2.24) is 0 Å². The molecule has 0 amide bonds. The minimum absolute atomic E-state index is 0.0573. The summed E-state index contributed by atoms with van der Waals surface area (Å²) in [5.41, 5.74) is 2.68. The first kappa shape index (κ1) is 25.2. The van der Waals surface area contributed by atoms with Gasteiger partial charge in [0, 0.05) is 17.4 Å². The van der Waals surface area contributed by atoms with Crippen LogP contribution in [0.2, 0.25) is 0 Å². The van der Waals surface area contributed by atoms with Gasteiger partial charge in [0.05, 0.1) is 12.2 Å². The van der Waals surface area contributed by atoms with Crippen molar-refractivity contribution in [3.63, 3.8) is 0 Å². The van der Waals surface area contributed by atoms with E-state index < -0.39 is 6.10 Å². The zero-order valence-corrected chi connectivity index (χ0v) is 22.4. The van der Waals surface area contributed by atoms with E-state index >= 15 is 0 Å². The van der Waals surface area contributed by atoms with Gasteiger partial charge in [-0.1, -0.05) is 53.2 Å². The highest BCUT2D eigenvalue weighted by Gasteiger charge is 2.67. The Hall–Kier alpha value is -0.930. The van der Waals surface area contributed by atoms with Crippen LogP contribution >= 0.6 is 0 Å². The number of aliphatic hydroxyl groups excluding tert-OH is 2. The second-order valence-corrected chi connectivity index (χ2v) is 13.7. The maximum Gasteiger partial charge on any atom is 0.159 e. The average molecular weight is 457 g/mol. The van der Waals surface area contributed by atoms with Crippen molar-refractivity contribution >= 4 is 5.78 Å². The topological polar surface area (TPSA) is 57.5 Å². The summed E-state index contributed by atoms with van der Waals surface area (Å²) < 4.78 is 0. The highest BCUT2D eigenvalue weighted by Crippen LogP contribution is 2.71. The van der Waals surface area contributed by atoms with Crippen molar-refractivity contribution in [2.24, 2.45) is 39.4 Å². The molecule has 186 valence electrons. The van der Waals surface area contributed by atoms with Crippen LogP contribution in [0.5, 0.6) is 0 Å². The van der Waals surface area contributed by atoms with E-state index in [-0.39, 0.29) is 39.5 Å². The fourth-order valence-corrected chi connectivity index (χ4v) is 9.22. The number of fused-ring (bicyclic) bond motifs is 4. The molecule has 2 fully saturated rings. The molecule has 2 saturated carbocycles. The molecular formula is C30H48O3. The molecule has 3 nitrogen and oxygen atoms in total.